The first-order valence-corrected chi connectivity index (χ1v) is 3.76. The van der Waals surface area contributed by atoms with E-state index in [4.69, 9.17) is 9.47 Å². The van der Waals surface area contributed by atoms with E-state index < -0.39 is 0 Å². The summed E-state index contributed by atoms with van der Waals surface area (Å²) in [7, 11) is 1.55. The quantitative estimate of drug-likeness (QED) is 0.680. The van der Waals surface area contributed by atoms with Gasteiger partial charge in [-0.2, -0.15) is 0 Å². The van der Waals surface area contributed by atoms with Gasteiger partial charge in [0.1, 0.15) is 5.75 Å². The number of nitrogens with one attached hydrogen (secondary N) is 1. The van der Waals surface area contributed by atoms with Crippen LogP contribution in [-0.2, 0) is 4.79 Å². The number of rotatable bonds is 1. The maximum Gasteiger partial charge on any atom is 0.263 e. The molecule has 5 heteroatoms. The Balaban J connectivity index is 2.36. The molecular weight excluding hydrogens is 172 g/mol. The van der Waals surface area contributed by atoms with Crippen molar-refractivity contribution in [2.45, 2.75) is 0 Å². The molecule has 0 bridgehead atoms. The molecule has 1 aliphatic heterocycles. The van der Waals surface area contributed by atoms with Crippen LogP contribution < -0.4 is 14.8 Å². The number of fused-ring (bicyclic) bond motifs is 1. The van der Waals surface area contributed by atoms with Gasteiger partial charge >= 0.3 is 0 Å². The molecular formula is C8H8N2O3. The lowest BCUT2D eigenvalue weighted by molar-refractivity contribution is -0.118. The van der Waals surface area contributed by atoms with Gasteiger partial charge in [0, 0.05) is 6.07 Å². The van der Waals surface area contributed by atoms with Gasteiger partial charge in [0.15, 0.2) is 18.2 Å². The van der Waals surface area contributed by atoms with Crippen molar-refractivity contribution in [3.8, 4) is 11.5 Å². The lowest BCUT2D eigenvalue weighted by atomic mass is 10.3. The summed E-state index contributed by atoms with van der Waals surface area (Å²) in [5.41, 5.74) is 0. The van der Waals surface area contributed by atoms with E-state index in [0.29, 0.717) is 17.3 Å². The standard InChI is InChI=1S/C8H8N2O3/c1-12-5-2-6-8(9-3-5)10-7(11)4-13-6/h2-3H,4H2,1H3,(H,9,10,11). The Bertz CT molecular complexity index is 351. The predicted octanol–water partition coefficient (Wildman–Crippen LogP) is 0.421. The highest BCUT2D eigenvalue weighted by Gasteiger charge is 2.17. The Kier molecular flexibility index (Phi) is 1.77. The summed E-state index contributed by atoms with van der Waals surface area (Å²) in [6.45, 7) is 0.0296. The van der Waals surface area contributed by atoms with Crippen molar-refractivity contribution in [2.75, 3.05) is 19.0 Å². The smallest absolute Gasteiger partial charge is 0.263 e. The highest BCUT2D eigenvalue weighted by Crippen LogP contribution is 2.28. The van der Waals surface area contributed by atoms with E-state index >= 15 is 0 Å². The van der Waals surface area contributed by atoms with Crippen LogP contribution in [0.5, 0.6) is 11.5 Å². The zero-order valence-corrected chi connectivity index (χ0v) is 7.03. The molecule has 1 N–H and O–H groups in total. The summed E-state index contributed by atoms with van der Waals surface area (Å²) in [4.78, 5) is 14.8. The van der Waals surface area contributed by atoms with Crippen molar-refractivity contribution >= 4 is 11.7 Å². The Hall–Kier alpha value is -1.78. The van der Waals surface area contributed by atoms with Gasteiger partial charge in [0.05, 0.1) is 13.3 Å². The SMILES string of the molecule is COc1cnc2c(c1)OCC(=O)N2. The lowest BCUT2D eigenvalue weighted by Crippen LogP contribution is -2.26. The third-order valence-corrected chi connectivity index (χ3v) is 1.68. The van der Waals surface area contributed by atoms with Crippen LogP contribution in [0.3, 0.4) is 0 Å². The summed E-state index contributed by atoms with van der Waals surface area (Å²) in [5.74, 6) is 1.40. The first kappa shape index (κ1) is 7.85. The summed E-state index contributed by atoms with van der Waals surface area (Å²) < 4.78 is 10.1. The first-order chi connectivity index (χ1) is 6.29. The molecule has 0 saturated carbocycles. The molecule has 13 heavy (non-hydrogen) atoms. The fraction of sp³-hybridized carbons (Fsp3) is 0.250. The van der Waals surface area contributed by atoms with E-state index in [1.165, 1.54) is 6.20 Å². The second-order valence-electron chi connectivity index (χ2n) is 2.56. The minimum atomic E-state index is -0.190. The first-order valence-electron chi connectivity index (χ1n) is 3.76. The van der Waals surface area contributed by atoms with Crippen molar-refractivity contribution in [3.63, 3.8) is 0 Å². The number of hydrogen-bond donors (Lipinski definition) is 1. The normalized spacial score (nSPS) is 14.1. The van der Waals surface area contributed by atoms with Gasteiger partial charge in [-0.1, -0.05) is 0 Å². The fourth-order valence-electron chi connectivity index (χ4n) is 1.05. The minimum absolute atomic E-state index is 0.0296. The third-order valence-electron chi connectivity index (χ3n) is 1.68. The highest BCUT2D eigenvalue weighted by molar-refractivity contribution is 5.94. The van der Waals surface area contributed by atoms with E-state index in [9.17, 15) is 4.79 Å². The molecule has 0 aromatic carbocycles. The molecule has 1 aliphatic rings. The molecule has 0 radical (unpaired) electrons. The maximum atomic E-state index is 10.9. The molecule has 0 saturated heterocycles. The number of nitrogens with zero attached hydrogens (tertiary/aromatic N) is 1. The van der Waals surface area contributed by atoms with Crippen LogP contribution in [-0.4, -0.2) is 24.6 Å². The molecule has 1 amide bonds. The number of anilines is 1. The molecule has 1 aromatic rings. The molecule has 0 spiro atoms. The van der Waals surface area contributed by atoms with Crippen LogP contribution in [0, 0.1) is 0 Å². The Labute approximate surface area is 74.7 Å². The second-order valence-corrected chi connectivity index (χ2v) is 2.56. The summed E-state index contributed by atoms with van der Waals surface area (Å²) in [5, 5.41) is 2.58. The number of pyridine rings is 1. The number of methoxy groups -OCH3 is 1. The van der Waals surface area contributed by atoms with Crippen LogP contribution in [0.4, 0.5) is 5.82 Å². The zero-order valence-electron chi connectivity index (χ0n) is 7.03. The van der Waals surface area contributed by atoms with E-state index in [-0.39, 0.29) is 12.5 Å². The summed E-state index contributed by atoms with van der Waals surface area (Å²) >= 11 is 0. The topological polar surface area (TPSA) is 60.5 Å². The van der Waals surface area contributed by atoms with Crippen LogP contribution in [0.15, 0.2) is 12.3 Å². The fourth-order valence-corrected chi connectivity index (χ4v) is 1.05. The third kappa shape index (κ3) is 1.40. The van der Waals surface area contributed by atoms with Crippen LogP contribution in [0.25, 0.3) is 0 Å². The minimum Gasteiger partial charge on any atom is -0.495 e. The Morgan fingerprint density at radius 2 is 2.54 bits per heavy atom. The van der Waals surface area contributed by atoms with E-state index in [1.54, 1.807) is 13.2 Å². The van der Waals surface area contributed by atoms with Gasteiger partial charge in [0.25, 0.3) is 5.91 Å². The summed E-state index contributed by atoms with van der Waals surface area (Å²) in [6, 6.07) is 1.68. The average Bonchev–Trinajstić information content (AvgIpc) is 2.17. The van der Waals surface area contributed by atoms with Crippen LogP contribution in [0.2, 0.25) is 0 Å². The predicted molar refractivity (Wildman–Crippen MR) is 44.9 cm³/mol. The molecule has 5 nitrogen and oxygen atoms in total. The molecule has 0 aliphatic carbocycles. The molecule has 2 heterocycles. The maximum absolute atomic E-state index is 10.9. The second kappa shape index (κ2) is 2.93. The molecule has 1 aromatic heterocycles. The number of carbonyl (C=O) groups is 1. The van der Waals surface area contributed by atoms with Crippen molar-refractivity contribution in [1.82, 2.24) is 4.98 Å². The molecule has 0 fully saturated rings. The molecule has 68 valence electrons. The zero-order chi connectivity index (χ0) is 9.26. The summed E-state index contributed by atoms with van der Waals surface area (Å²) in [6.07, 6.45) is 1.52. The van der Waals surface area contributed by atoms with Crippen LogP contribution in [0.1, 0.15) is 0 Å². The van der Waals surface area contributed by atoms with Gasteiger partial charge in [0.2, 0.25) is 0 Å². The van der Waals surface area contributed by atoms with Crippen LogP contribution >= 0.6 is 0 Å². The number of aromatic nitrogens is 1. The molecule has 0 unspecified atom stereocenters. The van der Waals surface area contributed by atoms with Gasteiger partial charge < -0.3 is 14.8 Å². The molecule has 2 rings (SSSR count). The van der Waals surface area contributed by atoms with Gasteiger partial charge in [-0.3, -0.25) is 4.79 Å². The average molecular weight is 180 g/mol. The van der Waals surface area contributed by atoms with E-state index in [2.05, 4.69) is 10.3 Å². The van der Waals surface area contributed by atoms with Crippen molar-refractivity contribution < 1.29 is 14.3 Å². The highest BCUT2D eigenvalue weighted by atomic mass is 16.5. The van der Waals surface area contributed by atoms with Crippen molar-refractivity contribution in [3.05, 3.63) is 12.3 Å². The monoisotopic (exact) mass is 180 g/mol. The number of ether oxygens (including phenoxy) is 2. The van der Waals surface area contributed by atoms with Gasteiger partial charge in [-0.15, -0.1) is 0 Å². The number of amides is 1. The van der Waals surface area contributed by atoms with E-state index in [0.717, 1.165) is 0 Å². The van der Waals surface area contributed by atoms with Crippen molar-refractivity contribution in [1.29, 1.82) is 0 Å². The number of carbonyl (C=O) groups excluding carboxylic acids is 1. The van der Waals surface area contributed by atoms with Gasteiger partial charge in [-0.25, -0.2) is 4.98 Å². The Morgan fingerprint density at radius 3 is 3.31 bits per heavy atom. The lowest BCUT2D eigenvalue weighted by Gasteiger charge is -2.16. The van der Waals surface area contributed by atoms with E-state index in [1.807, 2.05) is 0 Å². The van der Waals surface area contributed by atoms with Crippen molar-refractivity contribution in [2.24, 2.45) is 0 Å². The largest absolute Gasteiger partial charge is 0.495 e. The molecule has 0 atom stereocenters. The van der Waals surface area contributed by atoms with Gasteiger partial charge in [-0.05, 0) is 0 Å². The Morgan fingerprint density at radius 1 is 1.69 bits per heavy atom. The number of hydrogen-bond acceptors (Lipinski definition) is 4.